The van der Waals surface area contributed by atoms with Gasteiger partial charge in [0.15, 0.2) is 0 Å². The Morgan fingerprint density at radius 1 is 0.524 bits per heavy atom. The van der Waals surface area contributed by atoms with Gasteiger partial charge in [-0.05, 0) is 88.4 Å². The maximum Gasteiger partial charge on any atom is 0.0622 e. The van der Waals surface area contributed by atoms with Gasteiger partial charge in [0.25, 0.3) is 0 Å². The molecular weight excluding hydrogens is 508 g/mol. The first-order chi connectivity index (χ1) is 19.8. The molecule has 4 unspecified atom stereocenters. The summed E-state index contributed by atoms with van der Waals surface area (Å²) < 4.78 is 5.56. The van der Waals surface area contributed by atoms with E-state index in [1.54, 1.807) is 5.57 Å². The highest BCUT2D eigenvalue weighted by atomic mass is 16.5. The Bertz CT molecular complexity index is 616. The number of methoxy groups -OCH3 is 1. The summed E-state index contributed by atoms with van der Waals surface area (Å²) in [5.74, 6) is 5.34. The van der Waals surface area contributed by atoms with E-state index in [2.05, 4.69) is 75.3 Å². The van der Waals surface area contributed by atoms with Crippen LogP contribution in [-0.2, 0) is 4.74 Å². The van der Waals surface area contributed by atoms with E-state index in [0.717, 1.165) is 35.5 Å². The minimum atomic E-state index is 0.0461. The number of hydrogen-bond donors (Lipinski definition) is 0. The molecule has 0 aromatic heterocycles. The zero-order valence-electron chi connectivity index (χ0n) is 31.3. The number of ether oxygens (including phenoxy) is 1. The standard InChI is InChI=1S/C41H82O/c1-34(2)20-14-23-37(5)26-17-29-38(6)27-15-24-35(3)21-12-13-22-36(4)25-16-28-39(7)30-18-31-40(8)32-19-33-41(9,10)42-11/h21,34,36-40H,12-20,22-33H2,1-11H3/b35-21+/t36?,37-,38?,39?,40?/m1/s1. The van der Waals surface area contributed by atoms with Gasteiger partial charge in [-0.25, -0.2) is 0 Å². The van der Waals surface area contributed by atoms with Crippen LogP contribution < -0.4 is 0 Å². The molecular formula is C41H82O. The normalized spacial score (nSPS) is 16.5. The lowest BCUT2D eigenvalue weighted by molar-refractivity contribution is 0.0127. The van der Waals surface area contributed by atoms with E-state index in [1.165, 1.54) is 135 Å². The van der Waals surface area contributed by atoms with E-state index >= 15 is 0 Å². The van der Waals surface area contributed by atoms with E-state index in [1.807, 2.05) is 7.11 Å². The van der Waals surface area contributed by atoms with Crippen molar-refractivity contribution in [3.63, 3.8) is 0 Å². The van der Waals surface area contributed by atoms with Gasteiger partial charge >= 0.3 is 0 Å². The molecule has 0 spiro atoms. The van der Waals surface area contributed by atoms with Crippen molar-refractivity contribution in [2.75, 3.05) is 7.11 Å². The summed E-state index contributed by atoms with van der Waals surface area (Å²) >= 11 is 0. The first-order valence-corrected chi connectivity index (χ1v) is 19.0. The zero-order valence-corrected chi connectivity index (χ0v) is 31.3. The Morgan fingerprint density at radius 3 is 1.29 bits per heavy atom. The third-order valence-corrected chi connectivity index (χ3v) is 10.4. The molecule has 1 nitrogen and oxygen atoms in total. The predicted octanol–water partition coefficient (Wildman–Crippen LogP) is 14.4. The fourth-order valence-electron chi connectivity index (χ4n) is 6.67. The van der Waals surface area contributed by atoms with E-state index < -0.39 is 0 Å². The quantitative estimate of drug-likeness (QED) is 0.0622. The molecule has 0 aromatic rings. The lowest BCUT2D eigenvalue weighted by Gasteiger charge is -2.23. The fraction of sp³-hybridized carbons (Fsp3) is 0.951. The lowest BCUT2D eigenvalue weighted by atomic mass is 9.90. The van der Waals surface area contributed by atoms with Crippen LogP contribution in [0.25, 0.3) is 0 Å². The van der Waals surface area contributed by atoms with E-state index in [-0.39, 0.29) is 5.60 Å². The van der Waals surface area contributed by atoms with Gasteiger partial charge in [-0.15, -0.1) is 0 Å². The van der Waals surface area contributed by atoms with Crippen LogP contribution in [0.3, 0.4) is 0 Å². The molecule has 0 aromatic carbocycles. The van der Waals surface area contributed by atoms with E-state index in [9.17, 15) is 0 Å². The molecule has 0 heterocycles. The molecule has 0 radical (unpaired) electrons. The van der Waals surface area contributed by atoms with Gasteiger partial charge < -0.3 is 4.74 Å². The predicted molar refractivity (Wildman–Crippen MR) is 192 cm³/mol. The Kier molecular flexibility index (Phi) is 25.8. The molecule has 252 valence electrons. The van der Waals surface area contributed by atoms with Crippen molar-refractivity contribution in [2.45, 2.75) is 210 Å². The summed E-state index contributed by atoms with van der Waals surface area (Å²) in [5.41, 5.74) is 1.68. The van der Waals surface area contributed by atoms with E-state index in [0.29, 0.717) is 0 Å². The molecule has 0 N–H and O–H groups in total. The lowest BCUT2D eigenvalue weighted by Crippen LogP contribution is -2.22. The highest BCUT2D eigenvalue weighted by Gasteiger charge is 2.16. The summed E-state index contributed by atoms with van der Waals surface area (Å²) in [6.45, 7) is 23.9. The Labute approximate surface area is 268 Å². The van der Waals surface area contributed by atoms with Crippen molar-refractivity contribution in [1.82, 2.24) is 0 Å². The summed E-state index contributed by atoms with van der Waals surface area (Å²) in [6.07, 6.45) is 31.6. The molecule has 0 aliphatic rings. The summed E-state index contributed by atoms with van der Waals surface area (Å²) in [6, 6.07) is 0. The number of hydrogen-bond acceptors (Lipinski definition) is 1. The molecule has 0 fully saturated rings. The Balaban J connectivity index is 3.75. The molecule has 0 aliphatic heterocycles. The van der Waals surface area contributed by atoms with Crippen molar-refractivity contribution in [1.29, 1.82) is 0 Å². The summed E-state index contributed by atoms with van der Waals surface area (Å²) in [5, 5.41) is 0. The maximum absolute atomic E-state index is 5.56. The second kappa shape index (κ2) is 26.0. The van der Waals surface area contributed by atoms with Gasteiger partial charge in [-0.3, -0.25) is 0 Å². The second-order valence-corrected chi connectivity index (χ2v) is 16.4. The summed E-state index contributed by atoms with van der Waals surface area (Å²) in [4.78, 5) is 0. The topological polar surface area (TPSA) is 9.23 Å². The molecule has 0 bridgehead atoms. The van der Waals surface area contributed by atoms with Crippen molar-refractivity contribution in [3.05, 3.63) is 11.6 Å². The van der Waals surface area contributed by atoms with Crippen LogP contribution >= 0.6 is 0 Å². The minimum Gasteiger partial charge on any atom is -0.379 e. The van der Waals surface area contributed by atoms with Crippen LogP contribution in [0.4, 0.5) is 0 Å². The smallest absolute Gasteiger partial charge is 0.0622 e. The van der Waals surface area contributed by atoms with Crippen LogP contribution in [0.15, 0.2) is 11.6 Å². The van der Waals surface area contributed by atoms with E-state index in [4.69, 9.17) is 4.74 Å². The van der Waals surface area contributed by atoms with Crippen LogP contribution in [-0.4, -0.2) is 12.7 Å². The average Bonchev–Trinajstić information content (AvgIpc) is 2.91. The first-order valence-electron chi connectivity index (χ1n) is 19.0. The SMILES string of the molecule is COC(C)(C)CCCC(C)CCCC(C)CCCC(C)CCC/C=C(\C)CCCC(C)CCC[C@H](C)CCCC(C)C. The number of unbranched alkanes of at least 4 members (excludes halogenated alkanes) is 1. The molecule has 1 heteroatoms. The van der Waals surface area contributed by atoms with Gasteiger partial charge in [0, 0.05) is 7.11 Å². The van der Waals surface area contributed by atoms with Crippen molar-refractivity contribution in [2.24, 2.45) is 35.5 Å². The third kappa shape index (κ3) is 27.3. The van der Waals surface area contributed by atoms with Gasteiger partial charge in [0.2, 0.25) is 0 Å². The van der Waals surface area contributed by atoms with Crippen molar-refractivity contribution >= 4 is 0 Å². The molecule has 0 aliphatic carbocycles. The molecule has 0 saturated heterocycles. The maximum atomic E-state index is 5.56. The van der Waals surface area contributed by atoms with Crippen LogP contribution in [0.2, 0.25) is 0 Å². The van der Waals surface area contributed by atoms with Gasteiger partial charge in [0.1, 0.15) is 0 Å². The van der Waals surface area contributed by atoms with Gasteiger partial charge in [0.05, 0.1) is 5.60 Å². The van der Waals surface area contributed by atoms with Crippen LogP contribution in [0.1, 0.15) is 204 Å². The average molecular weight is 591 g/mol. The molecule has 5 atom stereocenters. The second-order valence-electron chi connectivity index (χ2n) is 16.4. The molecule has 0 amide bonds. The largest absolute Gasteiger partial charge is 0.379 e. The third-order valence-electron chi connectivity index (χ3n) is 10.4. The van der Waals surface area contributed by atoms with Gasteiger partial charge in [-0.2, -0.15) is 0 Å². The molecule has 0 rings (SSSR count). The van der Waals surface area contributed by atoms with Crippen molar-refractivity contribution < 1.29 is 4.74 Å². The fourth-order valence-corrected chi connectivity index (χ4v) is 6.67. The number of allylic oxidation sites excluding steroid dienone is 2. The monoisotopic (exact) mass is 591 g/mol. The summed E-state index contributed by atoms with van der Waals surface area (Å²) in [7, 11) is 1.84. The van der Waals surface area contributed by atoms with Crippen molar-refractivity contribution in [3.8, 4) is 0 Å². The number of rotatable bonds is 29. The zero-order chi connectivity index (χ0) is 31.8. The first kappa shape index (κ1) is 41.7. The van der Waals surface area contributed by atoms with Crippen LogP contribution in [0, 0.1) is 35.5 Å². The minimum absolute atomic E-state index is 0.0461. The Hall–Kier alpha value is -0.300. The van der Waals surface area contributed by atoms with Gasteiger partial charge in [-0.1, -0.05) is 163 Å². The highest BCUT2D eigenvalue weighted by Crippen LogP contribution is 2.25. The van der Waals surface area contributed by atoms with Crippen LogP contribution in [0.5, 0.6) is 0 Å². The molecule has 42 heavy (non-hydrogen) atoms. The highest BCUT2D eigenvalue weighted by molar-refractivity contribution is 4.97. The Morgan fingerprint density at radius 2 is 0.881 bits per heavy atom. The molecule has 0 saturated carbocycles.